The average Bonchev–Trinajstić information content (AvgIpc) is 2.25. The van der Waals surface area contributed by atoms with E-state index in [-0.39, 0.29) is 5.56 Å². The smallest absolute Gasteiger partial charge is 0.339 e. The van der Waals surface area contributed by atoms with Crippen molar-refractivity contribution in [2.45, 2.75) is 20.8 Å². The highest BCUT2D eigenvalue weighted by Gasteiger charge is 2.18. The van der Waals surface area contributed by atoms with Crippen LogP contribution in [0.3, 0.4) is 0 Å². The Hall–Kier alpha value is -1.65. The summed E-state index contributed by atoms with van der Waals surface area (Å²) in [6.07, 6.45) is 1.05. The summed E-state index contributed by atoms with van der Waals surface area (Å²) >= 11 is 0. The molecule has 0 aliphatic carbocycles. The average molecular weight is 240 g/mol. The Labute approximate surface area is 100 Å². The van der Waals surface area contributed by atoms with Crippen LogP contribution in [0.5, 0.6) is 0 Å². The Morgan fingerprint density at radius 3 is 2.71 bits per heavy atom. The standard InChI is InChI=1S/C12H17FN2O2/c1-4-15(7-8(2)3)11-10(12(16)17)5-9(13)6-14-11/h5-6,8H,4,7H2,1-3H3,(H,16,17). The van der Waals surface area contributed by atoms with Gasteiger partial charge in [0.1, 0.15) is 17.2 Å². The van der Waals surface area contributed by atoms with Crippen LogP contribution >= 0.6 is 0 Å². The lowest BCUT2D eigenvalue weighted by molar-refractivity contribution is 0.0696. The van der Waals surface area contributed by atoms with Gasteiger partial charge in [-0.2, -0.15) is 0 Å². The van der Waals surface area contributed by atoms with Crippen LogP contribution in [0.2, 0.25) is 0 Å². The molecule has 17 heavy (non-hydrogen) atoms. The summed E-state index contributed by atoms with van der Waals surface area (Å²) in [4.78, 5) is 16.8. The van der Waals surface area contributed by atoms with Crippen LogP contribution in [-0.2, 0) is 0 Å². The summed E-state index contributed by atoms with van der Waals surface area (Å²) in [6.45, 7) is 7.31. The van der Waals surface area contributed by atoms with E-state index in [0.717, 1.165) is 12.3 Å². The van der Waals surface area contributed by atoms with Gasteiger partial charge in [-0.25, -0.2) is 14.2 Å². The van der Waals surface area contributed by atoms with E-state index in [2.05, 4.69) is 4.98 Å². The van der Waals surface area contributed by atoms with Gasteiger partial charge in [-0.15, -0.1) is 0 Å². The molecule has 0 fully saturated rings. The summed E-state index contributed by atoms with van der Waals surface area (Å²) in [7, 11) is 0. The molecule has 0 aliphatic heterocycles. The van der Waals surface area contributed by atoms with Crippen molar-refractivity contribution in [2.24, 2.45) is 5.92 Å². The highest BCUT2D eigenvalue weighted by Crippen LogP contribution is 2.19. The zero-order chi connectivity index (χ0) is 13.0. The zero-order valence-electron chi connectivity index (χ0n) is 10.3. The predicted molar refractivity (Wildman–Crippen MR) is 63.9 cm³/mol. The molecule has 5 heteroatoms. The van der Waals surface area contributed by atoms with Gasteiger partial charge in [0.05, 0.1) is 6.20 Å². The Morgan fingerprint density at radius 1 is 1.59 bits per heavy atom. The van der Waals surface area contributed by atoms with E-state index in [1.54, 1.807) is 0 Å². The Bertz CT molecular complexity index is 407. The number of halogens is 1. The van der Waals surface area contributed by atoms with Gasteiger partial charge in [-0.1, -0.05) is 13.8 Å². The fraction of sp³-hybridized carbons (Fsp3) is 0.500. The third-order valence-electron chi connectivity index (χ3n) is 2.33. The van der Waals surface area contributed by atoms with Crippen molar-refractivity contribution in [1.82, 2.24) is 4.98 Å². The number of pyridine rings is 1. The molecule has 1 rings (SSSR count). The number of hydrogen-bond acceptors (Lipinski definition) is 3. The molecule has 94 valence electrons. The maximum absolute atomic E-state index is 13.0. The molecule has 0 aromatic carbocycles. The van der Waals surface area contributed by atoms with Crippen LogP contribution in [0.25, 0.3) is 0 Å². The van der Waals surface area contributed by atoms with Crippen molar-refractivity contribution in [3.63, 3.8) is 0 Å². The van der Waals surface area contributed by atoms with E-state index < -0.39 is 11.8 Å². The third-order valence-corrected chi connectivity index (χ3v) is 2.33. The fourth-order valence-corrected chi connectivity index (χ4v) is 1.65. The van der Waals surface area contributed by atoms with E-state index in [0.29, 0.717) is 24.8 Å². The minimum atomic E-state index is -1.16. The largest absolute Gasteiger partial charge is 0.478 e. The van der Waals surface area contributed by atoms with Crippen LogP contribution in [0.4, 0.5) is 10.2 Å². The molecule has 0 unspecified atom stereocenters. The van der Waals surface area contributed by atoms with Gasteiger partial charge in [-0.3, -0.25) is 0 Å². The van der Waals surface area contributed by atoms with Gasteiger partial charge in [0.15, 0.2) is 0 Å². The normalized spacial score (nSPS) is 10.6. The fourth-order valence-electron chi connectivity index (χ4n) is 1.65. The number of aromatic carboxylic acids is 1. The quantitative estimate of drug-likeness (QED) is 0.858. The maximum Gasteiger partial charge on any atom is 0.339 e. The summed E-state index contributed by atoms with van der Waals surface area (Å²) in [6, 6.07) is 1.01. The molecule has 1 heterocycles. The van der Waals surface area contributed by atoms with E-state index >= 15 is 0 Å². The van der Waals surface area contributed by atoms with Crippen LogP contribution in [0.15, 0.2) is 12.3 Å². The SMILES string of the molecule is CCN(CC(C)C)c1ncc(F)cc1C(=O)O. The number of carboxylic acid groups (broad SMARTS) is 1. The third kappa shape index (κ3) is 3.41. The van der Waals surface area contributed by atoms with Crippen molar-refractivity contribution in [1.29, 1.82) is 0 Å². The predicted octanol–water partition coefficient (Wildman–Crippen LogP) is 2.40. The molecule has 0 spiro atoms. The number of anilines is 1. The molecular formula is C12H17FN2O2. The second-order valence-electron chi connectivity index (χ2n) is 4.26. The topological polar surface area (TPSA) is 53.4 Å². The van der Waals surface area contributed by atoms with Crippen molar-refractivity contribution < 1.29 is 14.3 Å². The molecule has 1 N–H and O–H groups in total. The van der Waals surface area contributed by atoms with E-state index in [4.69, 9.17) is 5.11 Å². The van der Waals surface area contributed by atoms with Crippen LogP contribution < -0.4 is 4.90 Å². The molecule has 0 radical (unpaired) electrons. The first kappa shape index (κ1) is 13.4. The highest BCUT2D eigenvalue weighted by molar-refractivity contribution is 5.93. The van der Waals surface area contributed by atoms with Crippen molar-refractivity contribution in [2.75, 3.05) is 18.0 Å². The van der Waals surface area contributed by atoms with E-state index in [1.807, 2.05) is 25.7 Å². The lowest BCUT2D eigenvalue weighted by Gasteiger charge is -2.25. The Morgan fingerprint density at radius 2 is 2.24 bits per heavy atom. The lowest BCUT2D eigenvalue weighted by atomic mass is 10.2. The van der Waals surface area contributed by atoms with Gasteiger partial charge in [0.2, 0.25) is 0 Å². The van der Waals surface area contributed by atoms with Gasteiger partial charge < -0.3 is 10.0 Å². The maximum atomic E-state index is 13.0. The second kappa shape index (κ2) is 5.61. The van der Waals surface area contributed by atoms with Crippen LogP contribution in [0, 0.1) is 11.7 Å². The van der Waals surface area contributed by atoms with Gasteiger partial charge in [-0.05, 0) is 18.9 Å². The first-order valence-corrected chi connectivity index (χ1v) is 5.59. The molecule has 0 saturated carbocycles. The van der Waals surface area contributed by atoms with Crippen molar-refractivity contribution in [3.05, 3.63) is 23.6 Å². The molecule has 0 bridgehead atoms. The number of nitrogens with zero attached hydrogens (tertiary/aromatic N) is 2. The Balaban J connectivity index is 3.14. The number of hydrogen-bond donors (Lipinski definition) is 1. The van der Waals surface area contributed by atoms with Crippen molar-refractivity contribution >= 4 is 11.8 Å². The molecule has 1 aromatic heterocycles. The minimum absolute atomic E-state index is 0.0903. The molecule has 0 atom stereocenters. The zero-order valence-corrected chi connectivity index (χ0v) is 10.3. The Kier molecular flexibility index (Phi) is 4.43. The van der Waals surface area contributed by atoms with Crippen LogP contribution in [0.1, 0.15) is 31.1 Å². The number of rotatable bonds is 5. The van der Waals surface area contributed by atoms with Gasteiger partial charge in [0, 0.05) is 13.1 Å². The molecule has 0 amide bonds. The lowest BCUT2D eigenvalue weighted by Crippen LogP contribution is -2.29. The molecular weight excluding hydrogens is 223 g/mol. The second-order valence-corrected chi connectivity index (χ2v) is 4.26. The molecule has 1 aromatic rings. The first-order valence-electron chi connectivity index (χ1n) is 5.59. The number of carbonyl (C=O) groups is 1. The number of carboxylic acids is 1. The summed E-state index contributed by atoms with van der Waals surface area (Å²) in [5, 5.41) is 9.04. The highest BCUT2D eigenvalue weighted by atomic mass is 19.1. The van der Waals surface area contributed by atoms with E-state index in [9.17, 15) is 9.18 Å². The summed E-state index contributed by atoms with van der Waals surface area (Å²) in [5.74, 6) is -1.08. The monoisotopic (exact) mass is 240 g/mol. The minimum Gasteiger partial charge on any atom is -0.478 e. The first-order chi connectivity index (χ1) is 7.95. The van der Waals surface area contributed by atoms with Gasteiger partial charge in [0.25, 0.3) is 0 Å². The van der Waals surface area contributed by atoms with Gasteiger partial charge >= 0.3 is 5.97 Å². The summed E-state index contributed by atoms with van der Waals surface area (Å²) < 4.78 is 13.0. The molecule has 0 aliphatic rings. The number of aromatic nitrogens is 1. The summed E-state index contributed by atoms with van der Waals surface area (Å²) in [5.41, 5.74) is -0.0903. The molecule has 0 saturated heterocycles. The van der Waals surface area contributed by atoms with Crippen LogP contribution in [-0.4, -0.2) is 29.1 Å². The van der Waals surface area contributed by atoms with Crippen molar-refractivity contribution in [3.8, 4) is 0 Å². The molecule has 4 nitrogen and oxygen atoms in total. The van der Waals surface area contributed by atoms with E-state index in [1.165, 1.54) is 0 Å².